The largest absolute Gasteiger partial charge is 0.399 e. The van der Waals surface area contributed by atoms with Crippen molar-refractivity contribution in [3.8, 4) is 0 Å². The van der Waals surface area contributed by atoms with Gasteiger partial charge in [-0.2, -0.15) is 0 Å². The number of nitrogens with zero attached hydrogens (tertiary/aromatic N) is 1. The lowest BCUT2D eigenvalue weighted by atomic mass is 10.1. The molecule has 1 aliphatic heterocycles. The van der Waals surface area contributed by atoms with Crippen molar-refractivity contribution in [2.75, 3.05) is 18.8 Å². The van der Waals surface area contributed by atoms with E-state index in [1.807, 2.05) is 12.1 Å². The molecule has 2 heteroatoms. The van der Waals surface area contributed by atoms with Crippen LogP contribution in [0, 0.1) is 0 Å². The fraction of sp³-hybridized carbons (Fsp3) is 0.538. The van der Waals surface area contributed by atoms with E-state index in [2.05, 4.69) is 24.0 Å². The Kier molecular flexibility index (Phi) is 3.27. The lowest BCUT2D eigenvalue weighted by Crippen LogP contribution is -2.29. The maximum atomic E-state index is 5.92. The number of para-hydroxylation sites is 1. The molecule has 2 rings (SSSR count). The third kappa shape index (κ3) is 2.51. The van der Waals surface area contributed by atoms with Gasteiger partial charge >= 0.3 is 0 Å². The first-order chi connectivity index (χ1) is 7.27. The summed E-state index contributed by atoms with van der Waals surface area (Å²) in [5, 5.41) is 0. The molecule has 1 aromatic carbocycles. The summed E-state index contributed by atoms with van der Waals surface area (Å²) in [6.45, 7) is 4.73. The highest BCUT2D eigenvalue weighted by molar-refractivity contribution is 5.46. The molecule has 1 heterocycles. The molecular weight excluding hydrogens is 184 g/mol. The number of hydrogen-bond donors (Lipinski definition) is 1. The van der Waals surface area contributed by atoms with Crippen LogP contribution < -0.4 is 5.73 Å². The predicted molar refractivity (Wildman–Crippen MR) is 64.8 cm³/mol. The zero-order chi connectivity index (χ0) is 10.7. The van der Waals surface area contributed by atoms with Gasteiger partial charge in [0.05, 0.1) is 0 Å². The lowest BCUT2D eigenvalue weighted by molar-refractivity contribution is 0.272. The molecule has 0 saturated carbocycles. The molecule has 0 spiro atoms. The Bertz CT molecular complexity index is 322. The van der Waals surface area contributed by atoms with E-state index in [-0.39, 0.29) is 0 Å². The normalized spacial score (nSPS) is 22.1. The minimum absolute atomic E-state index is 0.759. The first-order valence-corrected chi connectivity index (χ1v) is 5.85. The van der Waals surface area contributed by atoms with E-state index in [1.165, 1.54) is 24.9 Å². The van der Waals surface area contributed by atoms with E-state index in [0.717, 1.165) is 24.7 Å². The molecule has 2 nitrogen and oxygen atoms in total. The highest BCUT2D eigenvalue weighted by atomic mass is 15.2. The number of nitrogen functional groups attached to an aromatic ring is 1. The van der Waals surface area contributed by atoms with Crippen molar-refractivity contribution in [1.82, 2.24) is 4.90 Å². The maximum absolute atomic E-state index is 5.92. The van der Waals surface area contributed by atoms with Gasteiger partial charge < -0.3 is 10.6 Å². The second-order valence-electron chi connectivity index (χ2n) is 4.48. The van der Waals surface area contributed by atoms with Crippen molar-refractivity contribution in [2.45, 2.75) is 32.2 Å². The van der Waals surface area contributed by atoms with Crippen LogP contribution in [0.2, 0.25) is 0 Å². The van der Waals surface area contributed by atoms with Gasteiger partial charge in [0.25, 0.3) is 0 Å². The molecule has 1 aliphatic rings. The van der Waals surface area contributed by atoms with E-state index in [9.17, 15) is 0 Å². The van der Waals surface area contributed by atoms with Gasteiger partial charge in [0.1, 0.15) is 0 Å². The van der Waals surface area contributed by atoms with Gasteiger partial charge in [0, 0.05) is 18.3 Å². The average Bonchev–Trinajstić information content (AvgIpc) is 2.63. The average molecular weight is 204 g/mol. The number of likely N-dealkylation sites (tertiary alicyclic amines) is 1. The van der Waals surface area contributed by atoms with Crippen LogP contribution >= 0.6 is 0 Å². The van der Waals surface area contributed by atoms with Crippen molar-refractivity contribution in [1.29, 1.82) is 0 Å². The molecule has 1 saturated heterocycles. The molecule has 1 aromatic rings. The Morgan fingerprint density at radius 1 is 1.40 bits per heavy atom. The van der Waals surface area contributed by atoms with Gasteiger partial charge in [0.15, 0.2) is 0 Å². The molecule has 0 amide bonds. The molecule has 0 aromatic heterocycles. The standard InChI is InChI=1S/C13H20N2/c1-11-5-4-9-15(11)10-8-12-6-2-3-7-13(12)14/h2-3,6-7,11H,4-5,8-10,14H2,1H3. The van der Waals surface area contributed by atoms with Gasteiger partial charge in [-0.1, -0.05) is 18.2 Å². The summed E-state index contributed by atoms with van der Waals surface area (Å²) >= 11 is 0. The third-order valence-electron chi connectivity index (χ3n) is 3.41. The Morgan fingerprint density at radius 2 is 2.20 bits per heavy atom. The Labute approximate surface area is 92.1 Å². The van der Waals surface area contributed by atoms with Crippen molar-refractivity contribution in [2.24, 2.45) is 0 Å². The van der Waals surface area contributed by atoms with Crippen LogP contribution in [0.15, 0.2) is 24.3 Å². The zero-order valence-corrected chi connectivity index (χ0v) is 9.45. The predicted octanol–water partition coefficient (Wildman–Crippen LogP) is 2.30. The summed E-state index contributed by atoms with van der Waals surface area (Å²) < 4.78 is 0. The maximum Gasteiger partial charge on any atom is 0.0347 e. The van der Waals surface area contributed by atoms with Gasteiger partial charge in [-0.05, 0) is 44.4 Å². The second kappa shape index (κ2) is 4.67. The van der Waals surface area contributed by atoms with Gasteiger partial charge in [-0.3, -0.25) is 0 Å². The molecule has 1 atom stereocenters. The summed E-state index contributed by atoms with van der Waals surface area (Å²) in [6, 6.07) is 8.95. The van der Waals surface area contributed by atoms with E-state index < -0.39 is 0 Å². The van der Waals surface area contributed by atoms with Crippen molar-refractivity contribution in [3.63, 3.8) is 0 Å². The minimum atomic E-state index is 0.759. The monoisotopic (exact) mass is 204 g/mol. The highest BCUT2D eigenvalue weighted by Crippen LogP contribution is 2.18. The quantitative estimate of drug-likeness (QED) is 0.765. The fourth-order valence-corrected chi connectivity index (χ4v) is 2.35. The summed E-state index contributed by atoms with van der Waals surface area (Å²) in [5.74, 6) is 0. The van der Waals surface area contributed by atoms with Crippen molar-refractivity contribution in [3.05, 3.63) is 29.8 Å². The van der Waals surface area contributed by atoms with Gasteiger partial charge in [-0.15, -0.1) is 0 Å². The molecule has 15 heavy (non-hydrogen) atoms. The second-order valence-corrected chi connectivity index (χ2v) is 4.48. The Hall–Kier alpha value is -1.02. The molecule has 1 fully saturated rings. The zero-order valence-electron chi connectivity index (χ0n) is 9.45. The number of rotatable bonds is 3. The Morgan fingerprint density at radius 3 is 2.87 bits per heavy atom. The lowest BCUT2D eigenvalue weighted by Gasteiger charge is -2.21. The number of hydrogen-bond acceptors (Lipinski definition) is 2. The number of anilines is 1. The van der Waals surface area contributed by atoms with Crippen molar-refractivity contribution < 1.29 is 0 Å². The summed E-state index contributed by atoms with van der Waals surface area (Å²) in [7, 11) is 0. The first-order valence-electron chi connectivity index (χ1n) is 5.85. The van der Waals surface area contributed by atoms with Gasteiger partial charge in [-0.25, -0.2) is 0 Å². The SMILES string of the molecule is CC1CCCN1CCc1ccccc1N. The van der Waals surface area contributed by atoms with Crippen LogP contribution in [-0.4, -0.2) is 24.0 Å². The minimum Gasteiger partial charge on any atom is -0.399 e. The topological polar surface area (TPSA) is 29.3 Å². The van der Waals surface area contributed by atoms with Crippen LogP contribution in [-0.2, 0) is 6.42 Å². The van der Waals surface area contributed by atoms with Crippen LogP contribution in [0.4, 0.5) is 5.69 Å². The molecule has 0 aliphatic carbocycles. The molecule has 0 radical (unpaired) electrons. The van der Waals surface area contributed by atoms with E-state index in [1.54, 1.807) is 0 Å². The smallest absolute Gasteiger partial charge is 0.0347 e. The van der Waals surface area contributed by atoms with E-state index in [4.69, 9.17) is 5.73 Å². The fourth-order valence-electron chi connectivity index (χ4n) is 2.35. The highest BCUT2D eigenvalue weighted by Gasteiger charge is 2.19. The van der Waals surface area contributed by atoms with E-state index in [0.29, 0.717) is 0 Å². The molecule has 82 valence electrons. The Balaban J connectivity index is 1.90. The summed E-state index contributed by atoms with van der Waals surface area (Å²) in [4.78, 5) is 2.56. The van der Waals surface area contributed by atoms with Gasteiger partial charge in [0.2, 0.25) is 0 Å². The van der Waals surface area contributed by atoms with E-state index >= 15 is 0 Å². The summed E-state index contributed by atoms with van der Waals surface area (Å²) in [5.41, 5.74) is 8.14. The van der Waals surface area contributed by atoms with Crippen LogP contribution in [0.1, 0.15) is 25.3 Å². The first kappa shape index (κ1) is 10.5. The molecular formula is C13H20N2. The molecule has 2 N–H and O–H groups in total. The molecule has 0 bridgehead atoms. The van der Waals surface area contributed by atoms with Crippen molar-refractivity contribution >= 4 is 5.69 Å². The summed E-state index contributed by atoms with van der Waals surface area (Å²) in [6.07, 6.45) is 3.78. The van der Waals surface area contributed by atoms with Crippen LogP contribution in [0.5, 0.6) is 0 Å². The molecule has 1 unspecified atom stereocenters. The van der Waals surface area contributed by atoms with Crippen LogP contribution in [0.3, 0.4) is 0 Å². The number of benzene rings is 1. The number of nitrogens with two attached hydrogens (primary N) is 1. The van der Waals surface area contributed by atoms with Crippen LogP contribution in [0.25, 0.3) is 0 Å². The third-order valence-corrected chi connectivity index (χ3v) is 3.41.